The van der Waals surface area contributed by atoms with Crippen molar-refractivity contribution in [2.75, 3.05) is 5.75 Å². The number of thioether (sulfide) groups is 1. The highest BCUT2D eigenvalue weighted by Gasteiger charge is 2.09. The summed E-state index contributed by atoms with van der Waals surface area (Å²) in [6, 6.07) is 11.3. The van der Waals surface area contributed by atoms with Gasteiger partial charge < -0.3 is 5.73 Å². The first-order valence-corrected chi connectivity index (χ1v) is 7.39. The van der Waals surface area contributed by atoms with Crippen LogP contribution in [-0.2, 0) is 0 Å². The van der Waals surface area contributed by atoms with Crippen molar-refractivity contribution in [3.8, 4) is 0 Å². The average molecular weight is 316 g/mol. The molecule has 0 bridgehead atoms. The Balaban J connectivity index is 2.02. The SMILES string of the molecule is NC(CSc1cc(Cl)ccc1Cl)c1ccc(F)cc1. The summed E-state index contributed by atoms with van der Waals surface area (Å²) in [5.74, 6) is 0.382. The van der Waals surface area contributed by atoms with E-state index >= 15 is 0 Å². The highest BCUT2D eigenvalue weighted by Crippen LogP contribution is 2.31. The van der Waals surface area contributed by atoms with E-state index in [2.05, 4.69) is 0 Å². The molecule has 2 N–H and O–H groups in total. The van der Waals surface area contributed by atoms with E-state index in [1.807, 2.05) is 6.07 Å². The fourth-order valence-electron chi connectivity index (χ4n) is 1.57. The molecule has 0 amide bonds. The number of rotatable bonds is 4. The number of hydrogen-bond donors (Lipinski definition) is 1. The third kappa shape index (κ3) is 4.11. The molecule has 19 heavy (non-hydrogen) atoms. The van der Waals surface area contributed by atoms with Crippen LogP contribution >= 0.6 is 35.0 Å². The molecule has 2 aromatic rings. The summed E-state index contributed by atoms with van der Waals surface area (Å²) in [5.41, 5.74) is 6.96. The topological polar surface area (TPSA) is 26.0 Å². The van der Waals surface area contributed by atoms with Gasteiger partial charge in [0.1, 0.15) is 5.82 Å². The van der Waals surface area contributed by atoms with Gasteiger partial charge in [-0.25, -0.2) is 4.39 Å². The van der Waals surface area contributed by atoms with E-state index in [0.29, 0.717) is 15.8 Å². The normalized spacial score (nSPS) is 12.4. The Hall–Kier alpha value is -0.740. The molecular weight excluding hydrogens is 304 g/mol. The standard InChI is InChI=1S/C14H12Cl2FNS/c15-10-3-6-12(16)14(7-10)19-8-13(18)9-1-4-11(17)5-2-9/h1-7,13H,8,18H2. The second kappa shape index (κ2) is 6.62. The molecule has 0 heterocycles. The zero-order valence-electron chi connectivity index (χ0n) is 9.95. The van der Waals surface area contributed by atoms with Gasteiger partial charge in [0, 0.05) is 21.7 Å². The van der Waals surface area contributed by atoms with Gasteiger partial charge in [0.15, 0.2) is 0 Å². The molecule has 0 radical (unpaired) electrons. The monoisotopic (exact) mass is 315 g/mol. The molecule has 0 aliphatic carbocycles. The van der Waals surface area contributed by atoms with Crippen molar-refractivity contribution in [1.29, 1.82) is 0 Å². The van der Waals surface area contributed by atoms with Crippen LogP contribution in [0.3, 0.4) is 0 Å². The summed E-state index contributed by atoms with van der Waals surface area (Å²) in [6.07, 6.45) is 0. The number of nitrogens with two attached hydrogens (primary N) is 1. The molecule has 2 rings (SSSR count). The van der Waals surface area contributed by atoms with E-state index in [4.69, 9.17) is 28.9 Å². The second-order valence-corrected chi connectivity index (χ2v) is 5.95. The Kier molecular flexibility index (Phi) is 5.11. The molecule has 100 valence electrons. The van der Waals surface area contributed by atoms with Crippen LogP contribution in [0.4, 0.5) is 4.39 Å². The van der Waals surface area contributed by atoms with Crippen molar-refractivity contribution in [3.63, 3.8) is 0 Å². The predicted octanol–water partition coefficient (Wildman–Crippen LogP) is 4.92. The minimum atomic E-state index is -0.263. The molecule has 1 unspecified atom stereocenters. The lowest BCUT2D eigenvalue weighted by atomic mass is 10.1. The van der Waals surface area contributed by atoms with Crippen LogP contribution in [0.5, 0.6) is 0 Å². The zero-order valence-corrected chi connectivity index (χ0v) is 12.3. The van der Waals surface area contributed by atoms with Gasteiger partial charge in [-0.3, -0.25) is 0 Å². The predicted molar refractivity (Wildman–Crippen MR) is 80.5 cm³/mol. The van der Waals surface area contributed by atoms with Crippen molar-refractivity contribution in [2.45, 2.75) is 10.9 Å². The van der Waals surface area contributed by atoms with Gasteiger partial charge in [-0.05, 0) is 35.9 Å². The van der Waals surface area contributed by atoms with Crippen LogP contribution in [0.25, 0.3) is 0 Å². The molecule has 0 fully saturated rings. The molecule has 5 heteroatoms. The smallest absolute Gasteiger partial charge is 0.123 e. The summed E-state index contributed by atoms with van der Waals surface area (Å²) < 4.78 is 12.8. The van der Waals surface area contributed by atoms with Gasteiger partial charge in [0.2, 0.25) is 0 Å². The molecule has 0 spiro atoms. The third-order valence-corrected chi connectivity index (χ3v) is 4.46. The van der Waals surface area contributed by atoms with Gasteiger partial charge in [-0.2, -0.15) is 0 Å². The van der Waals surface area contributed by atoms with Gasteiger partial charge in [0.05, 0.1) is 5.02 Å². The number of hydrogen-bond acceptors (Lipinski definition) is 2. The highest BCUT2D eigenvalue weighted by molar-refractivity contribution is 7.99. The minimum Gasteiger partial charge on any atom is -0.323 e. The number of benzene rings is 2. The first-order valence-electron chi connectivity index (χ1n) is 5.65. The Labute approximate surface area is 125 Å². The number of halogens is 3. The van der Waals surface area contributed by atoms with Crippen molar-refractivity contribution in [2.24, 2.45) is 5.73 Å². The second-order valence-electron chi connectivity index (χ2n) is 4.04. The van der Waals surface area contributed by atoms with Crippen LogP contribution < -0.4 is 5.73 Å². The van der Waals surface area contributed by atoms with E-state index in [0.717, 1.165) is 10.5 Å². The maximum Gasteiger partial charge on any atom is 0.123 e. The summed E-state index contributed by atoms with van der Waals surface area (Å²) in [6.45, 7) is 0. The van der Waals surface area contributed by atoms with Crippen molar-refractivity contribution >= 4 is 35.0 Å². The molecule has 2 aromatic carbocycles. The largest absolute Gasteiger partial charge is 0.323 e. The van der Waals surface area contributed by atoms with Crippen LogP contribution in [0, 0.1) is 5.82 Å². The van der Waals surface area contributed by atoms with Crippen LogP contribution in [0.2, 0.25) is 10.0 Å². The quantitative estimate of drug-likeness (QED) is 0.810. The molecule has 0 saturated carbocycles. The van der Waals surface area contributed by atoms with Crippen LogP contribution in [0.1, 0.15) is 11.6 Å². The summed E-state index contributed by atoms with van der Waals surface area (Å²) in [5, 5.41) is 1.29. The summed E-state index contributed by atoms with van der Waals surface area (Å²) >= 11 is 13.5. The van der Waals surface area contributed by atoms with Crippen molar-refractivity contribution in [1.82, 2.24) is 0 Å². The molecule has 0 aliphatic rings. The van der Waals surface area contributed by atoms with Gasteiger partial charge in [-0.15, -0.1) is 11.8 Å². The lowest BCUT2D eigenvalue weighted by Gasteiger charge is -2.12. The van der Waals surface area contributed by atoms with Gasteiger partial charge >= 0.3 is 0 Å². The Morgan fingerprint density at radius 3 is 2.47 bits per heavy atom. The molecule has 1 nitrogen and oxygen atoms in total. The van der Waals surface area contributed by atoms with E-state index in [9.17, 15) is 4.39 Å². The summed E-state index contributed by atoms with van der Waals surface area (Å²) in [4.78, 5) is 0.895. The zero-order chi connectivity index (χ0) is 13.8. The van der Waals surface area contributed by atoms with Crippen LogP contribution in [0.15, 0.2) is 47.4 Å². The van der Waals surface area contributed by atoms with Crippen molar-refractivity contribution in [3.05, 3.63) is 63.9 Å². The van der Waals surface area contributed by atoms with E-state index in [1.165, 1.54) is 23.9 Å². The minimum absolute atomic E-state index is 0.180. The lowest BCUT2D eigenvalue weighted by molar-refractivity contribution is 0.626. The van der Waals surface area contributed by atoms with E-state index in [1.54, 1.807) is 24.3 Å². The van der Waals surface area contributed by atoms with E-state index in [-0.39, 0.29) is 11.9 Å². The fraction of sp³-hybridized carbons (Fsp3) is 0.143. The Morgan fingerprint density at radius 2 is 1.79 bits per heavy atom. The summed E-state index contributed by atoms with van der Waals surface area (Å²) in [7, 11) is 0. The maximum atomic E-state index is 12.8. The first-order chi connectivity index (χ1) is 9.06. The fourth-order valence-corrected chi connectivity index (χ4v) is 3.06. The van der Waals surface area contributed by atoms with E-state index < -0.39 is 0 Å². The Morgan fingerprint density at radius 1 is 1.11 bits per heavy atom. The first kappa shape index (κ1) is 14.7. The lowest BCUT2D eigenvalue weighted by Crippen LogP contribution is -2.12. The Bertz CT molecular complexity index is 560. The molecule has 0 aromatic heterocycles. The van der Waals surface area contributed by atoms with Gasteiger partial charge in [0.25, 0.3) is 0 Å². The molecular formula is C14H12Cl2FNS. The molecule has 0 saturated heterocycles. The maximum absolute atomic E-state index is 12.8. The highest BCUT2D eigenvalue weighted by atomic mass is 35.5. The molecule has 0 aliphatic heterocycles. The third-order valence-electron chi connectivity index (χ3n) is 2.61. The van der Waals surface area contributed by atoms with Crippen LogP contribution in [-0.4, -0.2) is 5.75 Å². The average Bonchev–Trinajstić information content (AvgIpc) is 2.40. The van der Waals surface area contributed by atoms with Gasteiger partial charge in [-0.1, -0.05) is 35.3 Å². The van der Waals surface area contributed by atoms with Crippen molar-refractivity contribution < 1.29 is 4.39 Å². The molecule has 1 atom stereocenters.